The normalized spacial score (nSPS) is 26.8. The molecule has 1 aliphatic heterocycles. The number of thiophene rings is 1. The molecule has 0 aliphatic carbocycles. The second kappa shape index (κ2) is 8.17. The predicted octanol–water partition coefficient (Wildman–Crippen LogP) is 3.54. The Morgan fingerprint density at radius 1 is 1.17 bits per heavy atom. The van der Waals surface area contributed by atoms with Crippen molar-refractivity contribution in [2.45, 2.75) is 43.9 Å². The molecule has 0 spiro atoms. The number of hydrogen-bond acceptors (Lipinski definition) is 7. The summed E-state index contributed by atoms with van der Waals surface area (Å²) in [5, 5.41) is 33.0. The Labute approximate surface area is 179 Å². The highest BCUT2D eigenvalue weighted by Crippen LogP contribution is 2.45. The predicted molar refractivity (Wildman–Crippen MR) is 115 cm³/mol. The maximum atomic E-state index is 10.7. The molecular weight excluding hydrogens is 404 g/mol. The Morgan fingerprint density at radius 3 is 2.63 bits per heavy atom. The molecule has 1 aliphatic rings. The smallest absolute Gasteiger partial charge is 0.228 e. The zero-order chi connectivity index (χ0) is 21.5. The van der Waals surface area contributed by atoms with Gasteiger partial charge in [0.1, 0.15) is 17.6 Å². The second-order valence-corrected chi connectivity index (χ2v) is 8.82. The first-order valence-corrected chi connectivity index (χ1v) is 10.7. The molecule has 4 rings (SSSR count). The minimum atomic E-state index is -1.68. The van der Waals surface area contributed by atoms with E-state index in [1.54, 1.807) is 31.4 Å². The average molecular weight is 431 g/mol. The van der Waals surface area contributed by atoms with Gasteiger partial charge in [-0.3, -0.25) is 0 Å². The van der Waals surface area contributed by atoms with Crippen molar-refractivity contribution in [3.05, 3.63) is 58.5 Å². The summed E-state index contributed by atoms with van der Waals surface area (Å²) in [6, 6.07) is 13.5. The number of fused-ring (bicyclic) bond motifs is 1. The number of phenols is 1. The molecule has 7 heteroatoms. The largest absolute Gasteiger partial charge is 0.507 e. The first-order chi connectivity index (χ1) is 14.4. The van der Waals surface area contributed by atoms with E-state index in [1.807, 2.05) is 12.1 Å². The lowest BCUT2D eigenvalue weighted by atomic mass is 9.88. The van der Waals surface area contributed by atoms with Crippen LogP contribution in [0.2, 0.25) is 0 Å². The Bertz CT molecular complexity index is 1010. The molecule has 1 aromatic heterocycles. The summed E-state index contributed by atoms with van der Waals surface area (Å²) in [6.07, 6.45) is -1.91. The van der Waals surface area contributed by atoms with Gasteiger partial charge in [-0.05, 0) is 30.5 Å². The molecule has 2 heterocycles. The number of aliphatic hydroxyl groups excluding tert-OH is 2. The van der Waals surface area contributed by atoms with Gasteiger partial charge in [-0.15, -0.1) is 11.3 Å². The van der Waals surface area contributed by atoms with Crippen LogP contribution < -0.4 is 4.74 Å². The molecule has 6 nitrogen and oxygen atoms in total. The van der Waals surface area contributed by atoms with Gasteiger partial charge in [-0.25, -0.2) is 0 Å². The number of benzene rings is 2. The third-order valence-corrected chi connectivity index (χ3v) is 6.74. The fraction of sp³-hybridized carbons (Fsp3) is 0.391. The highest BCUT2D eigenvalue weighted by atomic mass is 32.1. The fourth-order valence-electron chi connectivity index (χ4n) is 4.17. The topological polar surface area (TPSA) is 88.4 Å². The van der Waals surface area contributed by atoms with Gasteiger partial charge in [0.15, 0.2) is 0 Å². The quantitative estimate of drug-likeness (QED) is 0.574. The molecule has 2 unspecified atom stereocenters. The number of aliphatic hydroxyl groups is 2. The van der Waals surface area contributed by atoms with Gasteiger partial charge in [-0.1, -0.05) is 18.2 Å². The van der Waals surface area contributed by atoms with Gasteiger partial charge in [-0.2, -0.15) is 0 Å². The highest BCUT2D eigenvalue weighted by Gasteiger charge is 2.51. The van der Waals surface area contributed by atoms with E-state index in [2.05, 4.69) is 18.2 Å². The van der Waals surface area contributed by atoms with Crippen molar-refractivity contribution in [2.24, 2.45) is 0 Å². The van der Waals surface area contributed by atoms with Crippen LogP contribution in [0.1, 0.15) is 29.3 Å². The van der Waals surface area contributed by atoms with Crippen LogP contribution in [0.3, 0.4) is 0 Å². The Balaban J connectivity index is 1.79. The standard InChI is InChI=1S/C23H26O6S/c1-13-8-19(25)22(26)23(28-3,29-13)17-11-15(20(27-2)12-18(17)24)10-16-9-14-6-4-5-7-21(14)30-16/h4-7,9,11-13,19,22,24-26H,8,10H2,1-3H3/t13-,19+,22?,23?/m1/s1. The van der Waals surface area contributed by atoms with Crippen LogP contribution in [0.15, 0.2) is 42.5 Å². The second-order valence-electron chi connectivity index (χ2n) is 7.66. The van der Waals surface area contributed by atoms with E-state index >= 15 is 0 Å². The number of ether oxygens (including phenoxy) is 3. The van der Waals surface area contributed by atoms with Crippen LogP contribution in [0.25, 0.3) is 10.1 Å². The van der Waals surface area contributed by atoms with Gasteiger partial charge in [0.25, 0.3) is 0 Å². The van der Waals surface area contributed by atoms with Crippen LogP contribution in [-0.2, 0) is 21.7 Å². The summed E-state index contributed by atoms with van der Waals surface area (Å²) in [5.41, 5.74) is 1.08. The number of rotatable bonds is 5. The minimum absolute atomic E-state index is 0.130. The van der Waals surface area contributed by atoms with Gasteiger partial charge >= 0.3 is 0 Å². The average Bonchev–Trinajstić information content (AvgIpc) is 3.14. The summed E-state index contributed by atoms with van der Waals surface area (Å²) >= 11 is 1.69. The van der Waals surface area contributed by atoms with Crippen molar-refractivity contribution in [3.63, 3.8) is 0 Å². The van der Waals surface area contributed by atoms with E-state index < -0.39 is 18.0 Å². The molecule has 0 saturated carbocycles. The van der Waals surface area contributed by atoms with Gasteiger partial charge in [0.2, 0.25) is 5.79 Å². The van der Waals surface area contributed by atoms with Crippen LogP contribution >= 0.6 is 11.3 Å². The molecule has 4 atom stereocenters. The van der Waals surface area contributed by atoms with Crippen molar-refractivity contribution in [2.75, 3.05) is 14.2 Å². The first kappa shape index (κ1) is 21.1. The zero-order valence-electron chi connectivity index (χ0n) is 17.2. The van der Waals surface area contributed by atoms with Crippen molar-refractivity contribution < 1.29 is 29.5 Å². The Hall–Kier alpha value is -2.16. The summed E-state index contributed by atoms with van der Waals surface area (Å²) in [5.74, 6) is -1.28. The third-order valence-electron chi connectivity index (χ3n) is 5.62. The lowest BCUT2D eigenvalue weighted by Crippen LogP contribution is -2.56. The van der Waals surface area contributed by atoms with E-state index in [1.165, 1.54) is 23.3 Å². The molecule has 1 fully saturated rings. The van der Waals surface area contributed by atoms with Crippen molar-refractivity contribution in [1.82, 2.24) is 0 Å². The molecule has 0 bridgehead atoms. The van der Waals surface area contributed by atoms with E-state index in [9.17, 15) is 15.3 Å². The number of aromatic hydroxyl groups is 1. The first-order valence-electron chi connectivity index (χ1n) is 9.85. The SMILES string of the molecule is COc1cc(O)c(C2(OC)O[C@H](C)C[C@H](O)C2O)cc1Cc1cc2ccccc2s1. The molecule has 30 heavy (non-hydrogen) atoms. The van der Waals surface area contributed by atoms with Crippen molar-refractivity contribution >= 4 is 21.4 Å². The molecule has 0 radical (unpaired) electrons. The fourth-order valence-corrected chi connectivity index (χ4v) is 5.26. The lowest BCUT2D eigenvalue weighted by Gasteiger charge is -2.45. The van der Waals surface area contributed by atoms with Crippen LogP contribution in [-0.4, -0.2) is 47.9 Å². The molecular formula is C23H26O6S. The summed E-state index contributed by atoms with van der Waals surface area (Å²) in [6.45, 7) is 1.79. The van der Waals surface area contributed by atoms with E-state index in [4.69, 9.17) is 14.2 Å². The maximum absolute atomic E-state index is 10.7. The summed E-state index contributed by atoms with van der Waals surface area (Å²) in [4.78, 5) is 1.14. The molecule has 3 N–H and O–H groups in total. The molecule has 160 valence electrons. The lowest BCUT2D eigenvalue weighted by molar-refractivity contribution is -0.339. The van der Waals surface area contributed by atoms with Crippen molar-refractivity contribution in [3.8, 4) is 11.5 Å². The van der Waals surface area contributed by atoms with Crippen molar-refractivity contribution in [1.29, 1.82) is 0 Å². The molecule has 2 aromatic carbocycles. The Morgan fingerprint density at radius 2 is 1.93 bits per heavy atom. The molecule has 3 aromatic rings. The molecule has 1 saturated heterocycles. The monoisotopic (exact) mass is 430 g/mol. The highest BCUT2D eigenvalue weighted by molar-refractivity contribution is 7.19. The number of phenolic OH excluding ortho intramolecular Hbond substituents is 1. The summed E-state index contributed by atoms with van der Waals surface area (Å²) in [7, 11) is 2.94. The van der Waals surface area contributed by atoms with E-state index in [0.29, 0.717) is 12.2 Å². The summed E-state index contributed by atoms with van der Waals surface area (Å²) < 4.78 is 18.3. The van der Waals surface area contributed by atoms with Gasteiger partial charge in [0.05, 0.1) is 24.9 Å². The minimum Gasteiger partial charge on any atom is -0.507 e. The van der Waals surface area contributed by atoms with E-state index in [-0.39, 0.29) is 23.8 Å². The van der Waals surface area contributed by atoms with Gasteiger partial charge in [0, 0.05) is 41.2 Å². The number of methoxy groups -OCH3 is 2. The number of hydrogen-bond donors (Lipinski definition) is 3. The van der Waals surface area contributed by atoms with E-state index in [0.717, 1.165) is 10.4 Å². The van der Waals surface area contributed by atoms with Gasteiger partial charge < -0.3 is 29.5 Å². The third kappa shape index (κ3) is 3.57. The molecule has 0 amide bonds. The van der Waals surface area contributed by atoms with Crippen LogP contribution in [0.5, 0.6) is 11.5 Å². The van der Waals surface area contributed by atoms with Crippen LogP contribution in [0.4, 0.5) is 0 Å². The van der Waals surface area contributed by atoms with Crippen LogP contribution in [0, 0.1) is 0 Å². The Kier molecular flexibility index (Phi) is 5.74. The maximum Gasteiger partial charge on any atom is 0.228 e. The zero-order valence-corrected chi connectivity index (χ0v) is 18.0.